The Labute approximate surface area is 104 Å². The second-order valence-corrected chi connectivity index (χ2v) is 1.89. The predicted molar refractivity (Wildman–Crippen MR) is 72.2 cm³/mol. The van der Waals surface area contributed by atoms with Gasteiger partial charge in [0, 0.05) is 6.07 Å². The molecule has 0 spiro atoms. The molecule has 0 fully saturated rings. The van der Waals surface area contributed by atoms with E-state index in [2.05, 4.69) is 13.2 Å². The highest BCUT2D eigenvalue weighted by Gasteiger charge is 1.95. The summed E-state index contributed by atoms with van der Waals surface area (Å²) in [5, 5.41) is 0. The summed E-state index contributed by atoms with van der Waals surface area (Å²) >= 11 is 0. The van der Waals surface area contributed by atoms with Gasteiger partial charge in [0.15, 0.2) is 0 Å². The minimum atomic E-state index is -0.530. The fourth-order valence-electron chi connectivity index (χ4n) is 0.567. The van der Waals surface area contributed by atoms with Crippen LogP contribution in [0.4, 0.5) is 8.78 Å². The number of benzene rings is 1. The van der Waals surface area contributed by atoms with Crippen LogP contribution in [0.2, 0.25) is 0 Å². The summed E-state index contributed by atoms with van der Waals surface area (Å²) in [5.74, 6) is -1.02. The van der Waals surface area contributed by atoms with Gasteiger partial charge in [-0.05, 0) is 18.6 Å². The molecule has 0 atom stereocenters. The number of aryl methyl sites for hydroxylation is 1. The fourth-order valence-corrected chi connectivity index (χ4v) is 0.567. The van der Waals surface area contributed by atoms with E-state index < -0.39 is 11.6 Å². The molecule has 0 saturated carbocycles. The van der Waals surface area contributed by atoms with Crippen molar-refractivity contribution in [3.63, 3.8) is 0 Å². The minimum Gasteiger partial charge on any atom is -0.307 e. The molecule has 0 aliphatic carbocycles. The van der Waals surface area contributed by atoms with Crippen molar-refractivity contribution in [2.75, 3.05) is 0 Å². The summed E-state index contributed by atoms with van der Waals surface area (Å²) in [7, 11) is 0. The molecule has 0 aliphatic heterocycles. The lowest BCUT2D eigenvalue weighted by Gasteiger charge is -1.92. The molecule has 0 unspecified atom stereocenters. The van der Waals surface area contributed by atoms with Crippen LogP contribution in [0.3, 0.4) is 0 Å². The van der Waals surface area contributed by atoms with Gasteiger partial charge in [0.1, 0.15) is 18.4 Å². The van der Waals surface area contributed by atoms with Crippen molar-refractivity contribution in [1.29, 1.82) is 0 Å². The monoisotopic (exact) mass is 246 g/mol. The number of hydrogen-bond donors (Lipinski definition) is 0. The van der Waals surface area contributed by atoms with Crippen LogP contribution < -0.4 is 0 Å². The molecule has 0 radical (unpaired) electrons. The largest absolute Gasteiger partial charge is 0.307 e. The molecule has 0 heterocycles. The SMILES string of the molecule is C=C.C=O.CC.CC.Cc1ccc(F)cc1F. The maximum Gasteiger partial charge on any atom is 0.129 e. The van der Waals surface area contributed by atoms with Gasteiger partial charge in [-0.3, -0.25) is 0 Å². The quantitative estimate of drug-likeness (QED) is 0.592. The van der Waals surface area contributed by atoms with E-state index in [1.54, 1.807) is 6.92 Å². The first kappa shape index (κ1) is 24.6. The molecule has 1 aromatic rings. The molecule has 0 aliphatic rings. The van der Waals surface area contributed by atoms with E-state index in [4.69, 9.17) is 4.79 Å². The summed E-state index contributed by atoms with van der Waals surface area (Å²) in [6.45, 7) is 17.6. The summed E-state index contributed by atoms with van der Waals surface area (Å²) in [6.07, 6.45) is 0. The number of carbonyl (C=O) groups excluding carboxylic acids is 1. The van der Waals surface area contributed by atoms with Crippen molar-refractivity contribution in [2.45, 2.75) is 34.6 Å². The van der Waals surface area contributed by atoms with E-state index in [9.17, 15) is 8.78 Å². The Kier molecular flexibility index (Phi) is 34.7. The molecule has 0 amide bonds. The maximum absolute atomic E-state index is 12.3. The van der Waals surface area contributed by atoms with Crippen LogP contribution in [-0.4, -0.2) is 6.79 Å². The van der Waals surface area contributed by atoms with Crippen molar-refractivity contribution >= 4 is 6.79 Å². The van der Waals surface area contributed by atoms with Gasteiger partial charge in [-0.1, -0.05) is 33.8 Å². The van der Waals surface area contributed by atoms with Crippen LogP contribution in [0.1, 0.15) is 33.3 Å². The second-order valence-electron chi connectivity index (χ2n) is 1.89. The normalized spacial score (nSPS) is 6.29. The summed E-state index contributed by atoms with van der Waals surface area (Å²) in [4.78, 5) is 8.00. The highest BCUT2D eigenvalue weighted by Crippen LogP contribution is 2.06. The Morgan fingerprint density at radius 2 is 1.29 bits per heavy atom. The molecule has 17 heavy (non-hydrogen) atoms. The van der Waals surface area contributed by atoms with E-state index in [1.807, 2.05) is 34.5 Å². The first-order valence-electron chi connectivity index (χ1n) is 5.40. The first-order valence-corrected chi connectivity index (χ1v) is 5.40. The second kappa shape index (κ2) is 24.0. The van der Waals surface area contributed by atoms with E-state index in [0.29, 0.717) is 5.56 Å². The molecule has 3 heteroatoms. The van der Waals surface area contributed by atoms with Crippen LogP contribution in [0.25, 0.3) is 0 Å². The van der Waals surface area contributed by atoms with Crippen LogP contribution in [0, 0.1) is 18.6 Å². The van der Waals surface area contributed by atoms with Gasteiger partial charge in [-0.25, -0.2) is 8.78 Å². The zero-order valence-corrected chi connectivity index (χ0v) is 11.5. The van der Waals surface area contributed by atoms with E-state index in [-0.39, 0.29) is 0 Å². The lowest BCUT2D eigenvalue weighted by Crippen LogP contribution is -1.81. The number of rotatable bonds is 0. The van der Waals surface area contributed by atoms with Crippen LogP contribution in [0.15, 0.2) is 31.4 Å². The average Bonchev–Trinajstić information content (AvgIpc) is 2.43. The Balaban J connectivity index is -0.0000000905. The van der Waals surface area contributed by atoms with Crippen molar-refractivity contribution < 1.29 is 13.6 Å². The van der Waals surface area contributed by atoms with Gasteiger partial charge in [0.05, 0.1) is 0 Å². The molecule has 0 bridgehead atoms. The molecule has 1 rings (SSSR count). The van der Waals surface area contributed by atoms with Gasteiger partial charge in [-0.2, -0.15) is 0 Å². The standard InChI is InChI=1S/C7H6F2.2C2H6.C2H4.CH2O/c1-5-2-3-6(8)4-7(5)9;4*1-2/h2-4H,1H3;2*1-2H3;1-2H2;1H2. The van der Waals surface area contributed by atoms with Crippen LogP contribution in [-0.2, 0) is 4.79 Å². The maximum atomic E-state index is 12.3. The molecular weight excluding hydrogens is 222 g/mol. The Morgan fingerprint density at radius 1 is 0.941 bits per heavy atom. The number of carbonyl (C=O) groups is 1. The topological polar surface area (TPSA) is 17.1 Å². The van der Waals surface area contributed by atoms with E-state index in [0.717, 1.165) is 6.07 Å². The zero-order valence-electron chi connectivity index (χ0n) is 11.5. The predicted octanol–water partition coefficient (Wildman–Crippen LogP) is 4.94. The Hall–Kier alpha value is -1.51. The number of hydrogen-bond acceptors (Lipinski definition) is 1. The van der Waals surface area contributed by atoms with Crippen molar-refractivity contribution in [2.24, 2.45) is 0 Å². The molecule has 0 N–H and O–H groups in total. The number of halogens is 2. The zero-order chi connectivity index (χ0) is 14.9. The fraction of sp³-hybridized carbons (Fsp3) is 0.357. The van der Waals surface area contributed by atoms with Crippen molar-refractivity contribution in [3.05, 3.63) is 48.6 Å². The average molecular weight is 246 g/mol. The van der Waals surface area contributed by atoms with Gasteiger partial charge < -0.3 is 4.79 Å². The van der Waals surface area contributed by atoms with E-state index >= 15 is 0 Å². The molecule has 1 nitrogen and oxygen atoms in total. The van der Waals surface area contributed by atoms with Gasteiger partial charge in [0.25, 0.3) is 0 Å². The van der Waals surface area contributed by atoms with Crippen molar-refractivity contribution in [1.82, 2.24) is 0 Å². The molecule has 1 aromatic carbocycles. The van der Waals surface area contributed by atoms with Crippen molar-refractivity contribution in [3.8, 4) is 0 Å². The summed E-state index contributed by atoms with van der Waals surface area (Å²) in [5.41, 5.74) is 0.469. The molecule has 100 valence electrons. The minimum absolute atomic E-state index is 0.469. The summed E-state index contributed by atoms with van der Waals surface area (Å²) < 4.78 is 24.4. The lowest BCUT2D eigenvalue weighted by molar-refractivity contribution is -0.0979. The van der Waals surface area contributed by atoms with Gasteiger partial charge in [0.2, 0.25) is 0 Å². The highest BCUT2D eigenvalue weighted by atomic mass is 19.1. The van der Waals surface area contributed by atoms with E-state index in [1.165, 1.54) is 12.1 Å². The third-order valence-electron chi connectivity index (χ3n) is 1.13. The molecule has 0 aromatic heterocycles. The Morgan fingerprint density at radius 3 is 1.53 bits per heavy atom. The highest BCUT2D eigenvalue weighted by molar-refractivity contribution is 5.16. The van der Waals surface area contributed by atoms with Gasteiger partial charge >= 0.3 is 0 Å². The van der Waals surface area contributed by atoms with Crippen LogP contribution >= 0.6 is 0 Å². The third-order valence-corrected chi connectivity index (χ3v) is 1.13. The van der Waals surface area contributed by atoms with Gasteiger partial charge in [-0.15, -0.1) is 13.2 Å². The Bertz CT molecular complexity index is 248. The smallest absolute Gasteiger partial charge is 0.129 e. The first-order chi connectivity index (χ1) is 8.20. The molecular formula is C14H24F2O. The lowest BCUT2D eigenvalue weighted by atomic mass is 10.2. The third kappa shape index (κ3) is 17.1. The molecule has 0 saturated heterocycles. The summed E-state index contributed by atoms with van der Waals surface area (Å²) in [6, 6.07) is 3.51. The van der Waals surface area contributed by atoms with Crippen LogP contribution in [0.5, 0.6) is 0 Å².